The van der Waals surface area contributed by atoms with Crippen molar-refractivity contribution in [1.82, 2.24) is 0 Å². The fourth-order valence-electron chi connectivity index (χ4n) is 8.11. The molecule has 1 aromatic carbocycles. The molecule has 5 atom stereocenters. The zero-order valence-electron chi connectivity index (χ0n) is 38.4. The van der Waals surface area contributed by atoms with Crippen molar-refractivity contribution < 1.29 is 53.1 Å². The van der Waals surface area contributed by atoms with Gasteiger partial charge in [-0.1, -0.05) is 143 Å². The van der Waals surface area contributed by atoms with Gasteiger partial charge in [0.1, 0.15) is 6.61 Å². The molecule has 2 amide bonds. The standard InChI is InChI=1S/C49H81NO11/c1-6-9-11-13-15-17-19-21-23-25-30-59-43-28-27-41(36-44(43)60-31-26-24-22-20-18-16-14-12-10-7-2)50-45(52)38(5)42(46(50)53)35-40(49(57)61-32-29-51)34-39(48(56)58-8-3)33-37(4)47(54)55/h27-28,36-40,42,51H,6-26,29-35H2,1-5H3,(H,54,55). The van der Waals surface area contributed by atoms with Gasteiger partial charge in [0.05, 0.1) is 55.8 Å². The lowest BCUT2D eigenvalue weighted by molar-refractivity contribution is -0.154. The second kappa shape index (κ2) is 32.1. The molecule has 12 nitrogen and oxygen atoms in total. The summed E-state index contributed by atoms with van der Waals surface area (Å²) in [5, 5.41) is 18.9. The molecule has 0 aliphatic carbocycles. The Hall–Kier alpha value is -3.67. The van der Waals surface area contributed by atoms with Crippen molar-refractivity contribution >= 4 is 35.4 Å². The number of aliphatic carboxylic acids is 1. The first-order chi connectivity index (χ1) is 29.5. The van der Waals surface area contributed by atoms with Crippen molar-refractivity contribution in [3.8, 4) is 11.5 Å². The SMILES string of the molecule is CCCCCCCCCCCCOc1ccc(N2C(=O)C(C)C(CC(CC(CC(C)C(=O)O)C(=O)OCC)C(=O)OCCO)C2=O)cc1OCCCCCCCCCCCC. The zero-order chi connectivity index (χ0) is 44.8. The third-order valence-electron chi connectivity index (χ3n) is 11.9. The topological polar surface area (TPSA) is 166 Å². The average Bonchev–Trinajstić information content (AvgIpc) is 3.45. The summed E-state index contributed by atoms with van der Waals surface area (Å²) < 4.78 is 23.1. The van der Waals surface area contributed by atoms with Gasteiger partial charge >= 0.3 is 17.9 Å². The van der Waals surface area contributed by atoms with E-state index in [-0.39, 0.29) is 32.5 Å². The van der Waals surface area contributed by atoms with Gasteiger partial charge in [0.25, 0.3) is 0 Å². The number of aliphatic hydroxyl groups is 1. The highest BCUT2D eigenvalue weighted by atomic mass is 16.5. The minimum absolute atomic E-state index is 0.0616. The molecule has 1 heterocycles. The Bertz CT molecular complexity index is 1420. The van der Waals surface area contributed by atoms with Crippen LogP contribution in [0.5, 0.6) is 11.5 Å². The van der Waals surface area contributed by atoms with E-state index in [4.69, 9.17) is 18.9 Å². The highest BCUT2D eigenvalue weighted by molar-refractivity contribution is 6.22. The predicted octanol–water partition coefficient (Wildman–Crippen LogP) is 10.6. The number of esters is 2. The van der Waals surface area contributed by atoms with Crippen molar-refractivity contribution in [2.45, 2.75) is 182 Å². The molecule has 0 spiro atoms. The Morgan fingerprint density at radius 3 is 1.62 bits per heavy atom. The number of imide groups is 1. The fourth-order valence-corrected chi connectivity index (χ4v) is 8.11. The number of rotatable bonds is 37. The van der Waals surface area contributed by atoms with Gasteiger partial charge in [0.2, 0.25) is 11.8 Å². The minimum atomic E-state index is -1.10. The summed E-state index contributed by atoms with van der Waals surface area (Å²) >= 11 is 0. The number of ether oxygens (including phenoxy) is 4. The lowest BCUT2D eigenvalue weighted by Crippen LogP contribution is -2.33. The van der Waals surface area contributed by atoms with E-state index >= 15 is 0 Å². The molecular weight excluding hydrogens is 779 g/mol. The average molecular weight is 860 g/mol. The second-order valence-corrected chi connectivity index (χ2v) is 17.1. The Morgan fingerprint density at radius 1 is 0.639 bits per heavy atom. The lowest BCUT2D eigenvalue weighted by atomic mass is 9.80. The Kier molecular flexibility index (Phi) is 28.1. The molecule has 1 aliphatic heterocycles. The van der Waals surface area contributed by atoms with E-state index in [1.54, 1.807) is 32.0 Å². The van der Waals surface area contributed by atoms with Crippen LogP contribution < -0.4 is 14.4 Å². The van der Waals surface area contributed by atoms with E-state index < -0.39 is 65.9 Å². The van der Waals surface area contributed by atoms with Crippen molar-refractivity contribution in [3.05, 3.63) is 18.2 Å². The molecule has 1 aliphatic rings. The molecule has 0 bridgehead atoms. The summed E-state index contributed by atoms with van der Waals surface area (Å²) in [6.45, 7) is 9.55. The number of hydrogen-bond donors (Lipinski definition) is 2. The number of hydrogen-bond acceptors (Lipinski definition) is 10. The van der Waals surface area contributed by atoms with Crippen LogP contribution in [0.3, 0.4) is 0 Å². The van der Waals surface area contributed by atoms with Crippen molar-refractivity contribution in [2.75, 3.05) is 37.9 Å². The maximum Gasteiger partial charge on any atom is 0.309 e. The second-order valence-electron chi connectivity index (χ2n) is 17.1. The minimum Gasteiger partial charge on any atom is -0.490 e. The van der Waals surface area contributed by atoms with Crippen LogP contribution in [0.25, 0.3) is 0 Å². The molecule has 348 valence electrons. The molecule has 1 saturated heterocycles. The van der Waals surface area contributed by atoms with Gasteiger partial charge in [-0.25, -0.2) is 4.90 Å². The van der Waals surface area contributed by atoms with Gasteiger partial charge in [-0.05, 0) is 51.2 Å². The highest BCUT2D eigenvalue weighted by Gasteiger charge is 2.48. The molecular formula is C49H81NO11. The number of unbranched alkanes of at least 4 members (excludes halogenated alkanes) is 18. The monoisotopic (exact) mass is 860 g/mol. The maximum atomic E-state index is 14.2. The summed E-state index contributed by atoms with van der Waals surface area (Å²) in [5.74, 6) is -7.06. The number of carbonyl (C=O) groups is 5. The van der Waals surface area contributed by atoms with Gasteiger partial charge in [-0.3, -0.25) is 24.0 Å². The normalized spacial score (nSPS) is 16.7. The summed E-state index contributed by atoms with van der Waals surface area (Å²) in [7, 11) is 0. The molecule has 2 rings (SSSR count). The first-order valence-corrected chi connectivity index (χ1v) is 23.9. The largest absolute Gasteiger partial charge is 0.490 e. The van der Waals surface area contributed by atoms with E-state index in [1.165, 1.54) is 103 Å². The summed E-state index contributed by atoms with van der Waals surface area (Å²) in [6.07, 6.45) is 23.8. The number of carboxylic acids is 1. The van der Waals surface area contributed by atoms with Gasteiger partial charge in [0.15, 0.2) is 11.5 Å². The number of benzene rings is 1. The fraction of sp³-hybridized carbons (Fsp3) is 0.776. The number of carbonyl (C=O) groups excluding carboxylic acids is 4. The summed E-state index contributed by atoms with van der Waals surface area (Å²) in [6, 6.07) is 5.12. The summed E-state index contributed by atoms with van der Waals surface area (Å²) in [5.41, 5.74) is 0.341. The first kappa shape index (κ1) is 53.5. The number of nitrogens with zero attached hydrogens (tertiary/aromatic N) is 1. The highest BCUT2D eigenvalue weighted by Crippen LogP contribution is 2.40. The van der Waals surface area contributed by atoms with Crippen molar-refractivity contribution in [3.63, 3.8) is 0 Å². The zero-order valence-corrected chi connectivity index (χ0v) is 38.4. The molecule has 1 fully saturated rings. The first-order valence-electron chi connectivity index (χ1n) is 23.9. The maximum absolute atomic E-state index is 14.2. The number of carboxylic acid groups (broad SMARTS) is 1. The Labute approximate surface area is 367 Å². The van der Waals surface area contributed by atoms with Crippen molar-refractivity contribution in [2.24, 2.45) is 29.6 Å². The Balaban J connectivity index is 2.21. The number of anilines is 1. The van der Waals surface area contributed by atoms with Gasteiger partial charge in [-0.2, -0.15) is 0 Å². The van der Waals surface area contributed by atoms with Crippen LogP contribution in [-0.2, 0) is 33.4 Å². The van der Waals surface area contributed by atoms with Crippen LogP contribution in [0.1, 0.15) is 182 Å². The quantitative estimate of drug-likeness (QED) is 0.0371. The van der Waals surface area contributed by atoms with Crippen LogP contribution in [0.4, 0.5) is 5.69 Å². The van der Waals surface area contributed by atoms with E-state index in [0.717, 1.165) is 37.0 Å². The molecule has 12 heteroatoms. The molecule has 61 heavy (non-hydrogen) atoms. The van der Waals surface area contributed by atoms with Crippen LogP contribution in [0.15, 0.2) is 18.2 Å². The summed E-state index contributed by atoms with van der Waals surface area (Å²) in [4.78, 5) is 67.3. The van der Waals surface area contributed by atoms with Crippen LogP contribution >= 0.6 is 0 Å². The van der Waals surface area contributed by atoms with E-state index in [1.807, 2.05) is 0 Å². The lowest BCUT2D eigenvalue weighted by Gasteiger charge is -2.25. The molecule has 5 unspecified atom stereocenters. The molecule has 2 N–H and O–H groups in total. The molecule has 0 aromatic heterocycles. The third-order valence-corrected chi connectivity index (χ3v) is 11.9. The predicted molar refractivity (Wildman–Crippen MR) is 239 cm³/mol. The Morgan fingerprint density at radius 2 is 1.13 bits per heavy atom. The van der Waals surface area contributed by atoms with Crippen LogP contribution in [-0.4, -0.2) is 73.0 Å². The van der Waals surface area contributed by atoms with Gasteiger partial charge < -0.3 is 29.2 Å². The van der Waals surface area contributed by atoms with Crippen molar-refractivity contribution in [1.29, 1.82) is 0 Å². The van der Waals surface area contributed by atoms with E-state index in [0.29, 0.717) is 30.4 Å². The smallest absolute Gasteiger partial charge is 0.309 e. The number of amides is 2. The van der Waals surface area contributed by atoms with Crippen LogP contribution in [0, 0.1) is 29.6 Å². The van der Waals surface area contributed by atoms with Gasteiger partial charge in [-0.15, -0.1) is 0 Å². The van der Waals surface area contributed by atoms with Crippen LogP contribution in [0.2, 0.25) is 0 Å². The number of aliphatic hydroxyl groups excluding tert-OH is 1. The molecule has 1 aromatic rings. The van der Waals surface area contributed by atoms with Gasteiger partial charge in [0, 0.05) is 12.0 Å². The van der Waals surface area contributed by atoms with E-state index in [2.05, 4.69) is 13.8 Å². The molecule has 0 radical (unpaired) electrons. The molecule has 0 saturated carbocycles. The third kappa shape index (κ3) is 20.4. The van der Waals surface area contributed by atoms with E-state index in [9.17, 15) is 34.2 Å².